The Morgan fingerprint density at radius 3 is 2.10 bits per heavy atom. The first kappa shape index (κ1) is 12.8. The molecule has 4 heteroatoms. The molecule has 0 aromatic carbocycles. The van der Waals surface area contributed by atoms with Crippen molar-refractivity contribution in [3.05, 3.63) is 24.5 Å². The van der Waals surface area contributed by atoms with Crippen LogP contribution < -0.4 is 35.3 Å². The summed E-state index contributed by atoms with van der Waals surface area (Å²) in [5.41, 5.74) is 5.30. The van der Waals surface area contributed by atoms with Gasteiger partial charge in [0.2, 0.25) is 0 Å². The van der Waals surface area contributed by atoms with Gasteiger partial charge >= 0.3 is 29.6 Å². The van der Waals surface area contributed by atoms with Gasteiger partial charge in [0.05, 0.1) is 0 Å². The molecule has 0 spiro atoms. The summed E-state index contributed by atoms with van der Waals surface area (Å²) in [4.78, 5) is 0. The molecule has 0 aliphatic heterocycles. The molecule has 3 N–H and O–H groups in total. The maximum atomic E-state index is 5.30. The molecule has 52 valence electrons. The van der Waals surface area contributed by atoms with E-state index < -0.39 is 0 Å². The van der Waals surface area contributed by atoms with Crippen LogP contribution in [0.2, 0.25) is 0 Å². The molecule has 0 atom stereocenters. The van der Waals surface area contributed by atoms with Crippen LogP contribution in [0, 0.1) is 0 Å². The van der Waals surface area contributed by atoms with Crippen molar-refractivity contribution in [1.82, 2.24) is 4.57 Å². The standard InChI is InChI=1S/C6H10N2.Na.H2O/c7-3-6-8-4-1-2-5-8;;/h1-2,4-5H,3,6-7H2;;1H2/q;+1;/p-1. The van der Waals surface area contributed by atoms with Crippen LogP contribution in [0.25, 0.3) is 0 Å². The summed E-state index contributed by atoms with van der Waals surface area (Å²) in [5.74, 6) is 0. The summed E-state index contributed by atoms with van der Waals surface area (Å²) >= 11 is 0. The van der Waals surface area contributed by atoms with E-state index in [4.69, 9.17) is 5.73 Å². The van der Waals surface area contributed by atoms with Crippen molar-refractivity contribution in [2.75, 3.05) is 6.54 Å². The van der Waals surface area contributed by atoms with Gasteiger partial charge in [0.1, 0.15) is 0 Å². The van der Waals surface area contributed by atoms with E-state index in [0.717, 1.165) is 6.54 Å². The molecule has 0 unspecified atom stereocenters. The van der Waals surface area contributed by atoms with Crippen molar-refractivity contribution in [2.45, 2.75) is 6.54 Å². The van der Waals surface area contributed by atoms with E-state index in [-0.39, 0.29) is 35.0 Å². The Balaban J connectivity index is 0. The predicted octanol–water partition coefficient (Wildman–Crippen LogP) is -2.73. The van der Waals surface area contributed by atoms with Crippen molar-refractivity contribution in [2.24, 2.45) is 5.73 Å². The number of rotatable bonds is 2. The van der Waals surface area contributed by atoms with Gasteiger partial charge in [-0.25, -0.2) is 0 Å². The van der Waals surface area contributed by atoms with Gasteiger partial charge in [-0.3, -0.25) is 0 Å². The Kier molecular flexibility index (Phi) is 9.38. The Bertz CT molecular complexity index is 141. The fourth-order valence-corrected chi connectivity index (χ4v) is 0.668. The SMILES string of the molecule is NCCn1cccc1.[Na+].[OH-]. The minimum atomic E-state index is 0. The molecule has 0 saturated heterocycles. The molecule has 0 bridgehead atoms. The quantitative estimate of drug-likeness (QED) is 0.465. The molecule has 0 amide bonds. The van der Waals surface area contributed by atoms with Crippen molar-refractivity contribution >= 4 is 0 Å². The third kappa shape index (κ3) is 4.09. The number of nitrogens with two attached hydrogens (primary N) is 1. The van der Waals surface area contributed by atoms with Crippen molar-refractivity contribution < 1.29 is 35.0 Å². The number of nitrogens with zero attached hydrogens (tertiary/aromatic N) is 1. The smallest absolute Gasteiger partial charge is 0.870 e. The van der Waals surface area contributed by atoms with E-state index in [1.165, 1.54) is 0 Å². The zero-order chi connectivity index (χ0) is 5.82. The summed E-state index contributed by atoms with van der Waals surface area (Å²) in [7, 11) is 0. The zero-order valence-corrected chi connectivity index (χ0v) is 8.20. The largest absolute Gasteiger partial charge is 1.00 e. The van der Waals surface area contributed by atoms with Gasteiger partial charge in [0, 0.05) is 25.5 Å². The van der Waals surface area contributed by atoms with Gasteiger partial charge in [-0.2, -0.15) is 0 Å². The monoisotopic (exact) mass is 150 g/mol. The predicted molar refractivity (Wildman–Crippen MR) is 35.4 cm³/mol. The molecule has 3 nitrogen and oxygen atoms in total. The maximum Gasteiger partial charge on any atom is 1.00 e. The second-order valence-corrected chi connectivity index (χ2v) is 1.71. The summed E-state index contributed by atoms with van der Waals surface area (Å²) in [6.45, 7) is 1.64. The van der Waals surface area contributed by atoms with Crippen LogP contribution in [0.1, 0.15) is 0 Å². The third-order valence-electron chi connectivity index (χ3n) is 1.05. The molecule has 1 heterocycles. The second kappa shape index (κ2) is 7.31. The molecule has 0 saturated carbocycles. The van der Waals surface area contributed by atoms with Gasteiger partial charge in [-0.1, -0.05) is 0 Å². The Labute approximate surface area is 82.8 Å². The van der Waals surface area contributed by atoms with E-state index >= 15 is 0 Å². The summed E-state index contributed by atoms with van der Waals surface area (Å²) in [5, 5.41) is 0. The van der Waals surface area contributed by atoms with E-state index in [2.05, 4.69) is 4.57 Å². The van der Waals surface area contributed by atoms with Crippen LogP contribution in [0.4, 0.5) is 0 Å². The Morgan fingerprint density at radius 1 is 1.20 bits per heavy atom. The fourth-order valence-electron chi connectivity index (χ4n) is 0.668. The molecule has 1 rings (SSSR count). The molecular weight excluding hydrogens is 139 g/mol. The molecule has 1 aromatic rings. The van der Waals surface area contributed by atoms with Crippen molar-refractivity contribution in [3.63, 3.8) is 0 Å². The molecule has 0 aliphatic carbocycles. The fraction of sp³-hybridized carbons (Fsp3) is 0.333. The topological polar surface area (TPSA) is 61.0 Å². The summed E-state index contributed by atoms with van der Waals surface area (Å²) < 4.78 is 2.06. The van der Waals surface area contributed by atoms with Crippen LogP contribution in [0.5, 0.6) is 0 Å². The molecular formula is C6H11N2NaO. The molecule has 0 fully saturated rings. The van der Waals surface area contributed by atoms with Gasteiger partial charge in [0.25, 0.3) is 0 Å². The Hall–Kier alpha value is 0.200. The van der Waals surface area contributed by atoms with E-state index in [9.17, 15) is 0 Å². The zero-order valence-electron chi connectivity index (χ0n) is 6.20. The molecule has 0 radical (unpaired) electrons. The first-order valence-corrected chi connectivity index (χ1v) is 2.74. The maximum absolute atomic E-state index is 5.30. The molecule has 10 heavy (non-hydrogen) atoms. The first-order chi connectivity index (χ1) is 3.93. The van der Waals surface area contributed by atoms with Crippen LogP contribution in [0.3, 0.4) is 0 Å². The van der Waals surface area contributed by atoms with Crippen LogP contribution in [-0.4, -0.2) is 16.6 Å². The van der Waals surface area contributed by atoms with E-state index in [1.807, 2.05) is 24.5 Å². The third-order valence-corrected chi connectivity index (χ3v) is 1.05. The van der Waals surface area contributed by atoms with Crippen LogP contribution in [-0.2, 0) is 6.54 Å². The number of hydrogen-bond acceptors (Lipinski definition) is 2. The number of aromatic nitrogens is 1. The summed E-state index contributed by atoms with van der Waals surface area (Å²) in [6.07, 6.45) is 4.01. The van der Waals surface area contributed by atoms with Crippen molar-refractivity contribution in [1.29, 1.82) is 0 Å². The van der Waals surface area contributed by atoms with E-state index in [0.29, 0.717) is 6.54 Å². The first-order valence-electron chi connectivity index (χ1n) is 2.74. The van der Waals surface area contributed by atoms with Crippen molar-refractivity contribution in [3.8, 4) is 0 Å². The molecule has 0 aliphatic rings. The summed E-state index contributed by atoms with van der Waals surface area (Å²) in [6, 6.07) is 3.99. The minimum Gasteiger partial charge on any atom is -0.870 e. The second-order valence-electron chi connectivity index (χ2n) is 1.71. The van der Waals surface area contributed by atoms with Gasteiger partial charge in [-0.05, 0) is 12.1 Å². The van der Waals surface area contributed by atoms with E-state index in [1.54, 1.807) is 0 Å². The van der Waals surface area contributed by atoms with Gasteiger partial charge in [0.15, 0.2) is 0 Å². The van der Waals surface area contributed by atoms with Crippen LogP contribution >= 0.6 is 0 Å². The molecule has 1 aromatic heterocycles. The van der Waals surface area contributed by atoms with Crippen LogP contribution in [0.15, 0.2) is 24.5 Å². The minimum absolute atomic E-state index is 0. The average molecular weight is 150 g/mol. The number of hydrogen-bond donors (Lipinski definition) is 1. The van der Waals surface area contributed by atoms with Gasteiger partial charge in [-0.15, -0.1) is 0 Å². The average Bonchev–Trinajstić information content (AvgIpc) is 2.19. The van der Waals surface area contributed by atoms with Gasteiger partial charge < -0.3 is 15.8 Å². The Morgan fingerprint density at radius 2 is 1.70 bits per heavy atom. The normalized spacial score (nSPS) is 7.70.